The molecule has 4 aromatic rings. The van der Waals surface area contributed by atoms with Gasteiger partial charge in [-0.05, 0) is 31.2 Å². The van der Waals surface area contributed by atoms with Crippen molar-refractivity contribution in [3.05, 3.63) is 76.7 Å². The van der Waals surface area contributed by atoms with Crippen LogP contribution in [0.4, 0.5) is 5.00 Å². The maximum atomic E-state index is 12.7. The lowest BCUT2D eigenvalue weighted by Crippen LogP contribution is -2.14. The minimum Gasteiger partial charge on any atom is -0.332 e. The van der Waals surface area contributed by atoms with Crippen molar-refractivity contribution in [2.24, 2.45) is 0 Å². The summed E-state index contributed by atoms with van der Waals surface area (Å²) in [5.74, 6) is 0.0812. The average Bonchev–Trinajstić information content (AvgIpc) is 3.45. The smallest absolute Gasteiger partial charge is 0.235 e. The second-order valence-electron chi connectivity index (χ2n) is 7.86. The van der Waals surface area contributed by atoms with Crippen molar-refractivity contribution < 1.29 is 4.79 Å². The number of anilines is 1. The summed E-state index contributed by atoms with van der Waals surface area (Å²) in [5, 5.41) is 14.0. The fourth-order valence-corrected chi connectivity index (χ4v) is 6.03. The molecule has 0 fully saturated rings. The fraction of sp³-hybridized carbons (Fsp3) is 0.192. The molecule has 2 aromatic heterocycles. The van der Waals surface area contributed by atoms with Crippen molar-refractivity contribution in [1.29, 1.82) is 5.26 Å². The summed E-state index contributed by atoms with van der Waals surface area (Å²) in [6, 6.07) is 22.4. The van der Waals surface area contributed by atoms with Gasteiger partial charge in [-0.3, -0.25) is 4.79 Å². The van der Waals surface area contributed by atoms with E-state index in [1.165, 1.54) is 16.6 Å². The van der Waals surface area contributed by atoms with E-state index in [0.717, 1.165) is 53.8 Å². The largest absolute Gasteiger partial charge is 0.332 e. The Morgan fingerprint density at radius 1 is 1.06 bits per heavy atom. The van der Waals surface area contributed by atoms with E-state index in [1.54, 1.807) is 11.3 Å². The molecule has 0 radical (unpaired) electrons. The van der Waals surface area contributed by atoms with E-state index < -0.39 is 0 Å². The van der Waals surface area contributed by atoms with Crippen molar-refractivity contribution in [3.63, 3.8) is 0 Å². The van der Waals surface area contributed by atoms with Gasteiger partial charge in [-0.1, -0.05) is 72.4 Å². The van der Waals surface area contributed by atoms with Crippen LogP contribution in [0.1, 0.15) is 28.8 Å². The van der Waals surface area contributed by atoms with Crippen molar-refractivity contribution in [3.8, 4) is 28.6 Å². The fourth-order valence-electron chi connectivity index (χ4n) is 4.11. The molecule has 0 saturated heterocycles. The highest BCUT2D eigenvalue weighted by Crippen LogP contribution is 2.38. The number of hydrogen-bond acceptors (Lipinski definition) is 5. The van der Waals surface area contributed by atoms with Crippen LogP contribution in [0.15, 0.2) is 65.8 Å². The molecule has 0 spiro atoms. The van der Waals surface area contributed by atoms with Gasteiger partial charge in [0.1, 0.15) is 11.1 Å². The molecule has 0 saturated carbocycles. The molecule has 1 aliphatic carbocycles. The van der Waals surface area contributed by atoms with Gasteiger partial charge >= 0.3 is 0 Å². The molecule has 2 heterocycles. The summed E-state index contributed by atoms with van der Waals surface area (Å²) in [4.78, 5) is 22.2. The Labute approximate surface area is 200 Å². The van der Waals surface area contributed by atoms with E-state index >= 15 is 0 Å². The molecule has 1 amide bonds. The number of H-pyrrole nitrogens is 1. The van der Waals surface area contributed by atoms with Gasteiger partial charge in [0, 0.05) is 16.0 Å². The lowest BCUT2D eigenvalue weighted by Gasteiger charge is -2.09. The van der Waals surface area contributed by atoms with Crippen molar-refractivity contribution in [2.45, 2.75) is 30.8 Å². The number of nitrogens with zero attached hydrogens (tertiary/aromatic N) is 2. The van der Waals surface area contributed by atoms with Gasteiger partial charge in [-0.15, -0.1) is 11.3 Å². The predicted octanol–water partition coefficient (Wildman–Crippen LogP) is 6.29. The zero-order chi connectivity index (χ0) is 22.6. The Morgan fingerprint density at radius 2 is 1.76 bits per heavy atom. The molecular formula is C26H22N4OS2. The highest BCUT2D eigenvalue weighted by atomic mass is 32.2. The Morgan fingerprint density at radius 3 is 2.48 bits per heavy atom. The predicted molar refractivity (Wildman–Crippen MR) is 134 cm³/mol. The van der Waals surface area contributed by atoms with Crippen LogP contribution in [0.5, 0.6) is 0 Å². The van der Waals surface area contributed by atoms with Gasteiger partial charge in [-0.25, -0.2) is 4.98 Å². The van der Waals surface area contributed by atoms with Crippen LogP contribution in [0.3, 0.4) is 0 Å². The lowest BCUT2D eigenvalue weighted by molar-refractivity contribution is -0.113. The monoisotopic (exact) mass is 470 g/mol. The summed E-state index contributed by atoms with van der Waals surface area (Å²) >= 11 is 2.91. The maximum Gasteiger partial charge on any atom is 0.235 e. The SMILES string of the molecule is N#Cc1c(NC(=O)CSc2nc(-c3ccccc3)c(-c3ccccc3)[nH]2)sc2c1CCCC2. The third kappa shape index (κ3) is 4.58. The maximum absolute atomic E-state index is 12.7. The summed E-state index contributed by atoms with van der Waals surface area (Å²) < 4.78 is 0. The molecule has 164 valence electrons. The standard InChI is InChI=1S/C26H22N4OS2/c27-15-20-19-13-7-8-14-21(19)33-25(20)28-22(31)16-32-26-29-23(17-9-3-1-4-10-17)24(30-26)18-11-5-2-6-12-18/h1-6,9-12H,7-8,13-14,16H2,(H,28,31)(H,29,30). The van der Waals surface area contributed by atoms with Gasteiger partial charge in [0.25, 0.3) is 0 Å². The van der Waals surface area contributed by atoms with Crippen LogP contribution in [0.2, 0.25) is 0 Å². The first-order chi connectivity index (χ1) is 16.2. The third-order valence-electron chi connectivity index (χ3n) is 5.67. The number of rotatable bonds is 6. The number of thioether (sulfide) groups is 1. The first-order valence-corrected chi connectivity index (χ1v) is 12.7. The molecule has 0 atom stereocenters. The number of imidazole rings is 1. The zero-order valence-electron chi connectivity index (χ0n) is 17.9. The van der Waals surface area contributed by atoms with Gasteiger partial charge in [0.15, 0.2) is 5.16 Å². The number of fused-ring (bicyclic) bond motifs is 1. The van der Waals surface area contributed by atoms with E-state index in [9.17, 15) is 10.1 Å². The van der Waals surface area contributed by atoms with Crippen molar-refractivity contribution in [1.82, 2.24) is 9.97 Å². The quantitative estimate of drug-likeness (QED) is 0.325. The highest BCUT2D eigenvalue weighted by molar-refractivity contribution is 7.99. The number of benzene rings is 2. The van der Waals surface area contributed by atoms with Crippen LogP contribution < -0.4 is 5.32 Å². The van der Waals surface area contributed by atoms with E-state index in [4.69, 9.17) is 4.98 Å². The van der Waals surface area contributed by atoms with Crippen LogP contribution in [0.25, 0.3) is 22.5 Å². The molecule has 7 heteroatoms. The number of nitrogens with one attached hydrogen (secondary N) is 2. The molecule has 33 heavy (non-hydrogen) atoms. The van der Waals surface area contributed by atoms with E-state index in [0.29, 0.717) is 15.7 Å². The summed E-state index contributed by atoms with van der Waals surface area (Å²) in [6.45, 7) is 0. The Hall–Kier alpha value is -3.34. The van der Waals surface area contributed by atoms with Crippen molar-refractivity contribution in [2.75, 3.05) is 11.1 Å². The zero-order valence-corrected chi connectivity index (χ0v) is 19.6. The number of aromatic nitrogens is 2. The van der Waals surface area contributed by atoms with Gasteiger partial charge in [0.05, 0.1) is 22.7 Å². The second-order valence-corrected chi connectivity index (χ2v) is 9.93. The summed E-state index contributed by atoms with van der Waals surface area (Å²) in [7, 11) is 0. The Kier molecular flexibility index (Phi) is 6.29. The first kappa shape index (κ1) is 21.5. The highest BCUT2D eigenvalue weighted by Gasteiger charge is 2.22. The van der Waals surface area contributed by atoms with Gasteiger partial charge in [-0.2, -0.15) is 5.26 Å². The Balaban J connectivity index is 1.34. The van der Waals surface area contributed by atoms with Gasteiger partial charge in [0.2, 0.25) is 5.91 Å². The average molecular weight is 471 g/mol. The lowest BCUT2D eigenvalue weighted by atomic mass is 9.96. The van der Waals surface area contributed by atoms with Crippen LogP contribution in [-0.2, 0) is 17.6 Å². The second kappa shape index (κ2) is 9.65. The molecule has 5 rings (SSSR count). The van der Waals surface area contributed by atoms with Crippen LogP contribution in [-0.4, -0.2) is 21.6 Å². The van der Waals surface area contributed by atoms with E-state index in [2.05, 4.69) is 16.4 Å². The molecule has 2 aromatic carbocycles. The molecule has 5 nitrogen and oxygen atoms in total. The van der Waals surface area contributed by atoms with E-state index in [-0.39, 0.29) is 11.7 Å². The number of carbonyl (C=O) groups excluding carboxylic acids is 1. The molecule has 0 bridgehead atoms. The minimum atomic E-state index is -0.131. The number of hydrogen-bond donors (Lipinski definition) is 2. The summed E-state index contributed by atoms with van der Waals surface area (Å²) in [5.41, 5.74) is 5.63. The number of nitriles is 1. The third-order valence-corrected chi connectivity index (χ3v) is 7.75. The molecule has 0 unspecified atom stereocenters. The molecule has 1 aliphatic rings. The minimum absolute atomic E-state index is 0.131. The molecular weight excluding hydrogens is 448 g/mol. The number of aryl methyl sites for hydroxylation is 1. The normalized spacial score (nSPS) is 12.7. The number of thiophene rings is 1. The number of carbonyl (C=O) groups is 1. The first-order valence-electron chi connectivity index (χ1n) is 10.9. The van der Waals surface area contributed by atoms with E-state index in [1.807, 2.05) is 60.7 Å². The number of amides is 1. The molecule has 0 aliphatic heterocycles. The van der Waals surface area contributed by atoms with Crippen molar-refractivity contribution >= 4 is 34.0 Å². The number of aromatic amines is 1. The topological polar surface area (TPSA) is 81.6 Å². The Bertz CT molecular complexity index is 1260. The molecule has 2 N–H and O–H groups in total. The van der Waals surface area contributed by atoms with Gasteiger partial charge < -0.3 is 10.3 Å². The van der Waals surface area contributed by atoms with Crippen LogP contribution >= 0.6 is 23.1 Å². The van der Waals surface area contributed by atoms with Crippen LogP contribution in [0, 0.1) is 11.3 Å². The summed E-state index contributed by atoms with van der Waals surface area (Å²) in [6.07, 6.45) is 4.17.